The Morgan fingerprint density at radius 3 is 2.55 bits per heavy atom. The molecule has 0 spiro atoms. The summed E-state index contributed by atoms with van der Waals surface area (Å²) in [5.74, 6) is 0.102. The van der Waals surface area contributed by atoms with Crippen molar-refractivity contribution in [1.29, 1.82) is 0 Å². The van der Waals surface area contributed by atoms with Gasteiger partial charge in [-0.1, -0.05) is 35.9 Å². The quantitative estimate of drug-likeness (QED) is 0.764. The molecule has 1 amide bonds. The Hall–Kier alpha value is -2.09. The highest BCUT2D eigenvalue weighted by atomic mass is 16.2. The fourth-order valence-corrected chi connectivity index (χ4v) is 2.83. The van der Waals surface area contributed by atoms with Crippen LogP contribution in [0.1, 0.15) is 34.8 Å². The van der Waals surface area contributed by atoms with E-state index in [4.69, 9.17) is 0 Å². The fourth-order valence-electron chi connectivity index (χ4n) is 2.83. The third-order valence-corrected chi connectivity index (χ3v) is 4.04. The van der Waals surface area contributed by atoms with Gasteiger partial charge in [0.1, 0.15) is 0 Å². The van der Waals surface area contributed by atoms with Crippen LogP contribution >= 0.6 is 0 Å². The van der Waals surface area contributed by atoms with E-state index in [-0.39, 0.29) is 11.9 Å². The summed E-state index contributed by atoms with van der Waals surface area (Å²) in [6.45, 7) is 4.16. The van der Waals surface area contributed by atoms with Crippen molar-refractivity contribution in [3.63, 3.8) is 0 Å². The summed E-state index contributed by atoms with van der Waals surface area (Å²) in [5, 5.41) is 0. The first kappa shape index (κ1) is 12.9. The van der Waals surface area contributed by atoms with Gasteiger partial charge in [0.05, 0.1) is 0 Å². The molecule has 2 aromatic rings. The summed E-state index contributed by atoms with van der Waals surface area (Å²) in [6, 6.07) is 16.3. The van der Waals surface area contributed by atoms with Gasteiger partial charge in [0.2, 0.25) is 0 Å². The molecule has 0 bridgehead atoms. The van der Waals surface area contributed by atoms with Gasteiger partial charge in [-0.05, 0) is 50.5 Å². The van der Waals surface area contributed by atoms with Crippen LogP contribution in [0, 0.1) is 6.92 Å². The summed E-state index contributed by atoms with van der Waals surface area (Å²) in [7, 11) is 0. The van der Waals surface area contributed by atoms with Gasteiger partial charge in [-0.15, -0.1) is 0 Å². The average molecular weight is 265 g/mol. The van der Waals surface area contributed by atoms with Crippen molar-refractivity contribution >= 4 is 11.6 Å². The summed E-state index contributed by atoms with van der Waals surface area (Å²) >= 11 is 0. The monoisotopic (exact) mass is 265 g/mol. The zero-order chi connectivity index (χ0) is 14.1. The van der Waals surface area contributed by atoms with Crippen LogP contribution in [0.5, 0.6) is 0 Å². The Morgan fingerprint density at radius 1 is 1.10 bits per heavy atom. The second-order valence-electron chi connectivity index (χ2n) is 5.56. The summed E-state index contributed by atoms with van der Waals surface area (Å²) < 4.78 is 0. The molecule has 102 valence electrons. The van der Waals surface area contributed by atoms with Gasteiger partial charge in [0.15, 0.2) is 0 Å². The number of carbonyl (C=O) groups is 1. The lowest BCUT2D eigenvalue weighted by molar-refractivity contribution is 0.0975. The number of benzene rings is 2. The molecule has 1 aliphatic heterocycles. The first-order valence-corrected chi connectivity index (χ1v) is 7.15. The van der Waals surface area contributed by atoms with Gasteiger partial charge in [-0.2, -0.15) is 0 Å². The lowest BCUT2D eigenvalue weighted by Gasteiger charge is -2.35. The largest absolute Gasteiger partial charge is 0.305 e. The van der Waals surface area contributed by atoms with E-state index >= 15 is 0 Å². The molecule has 1 atom stereocenters. The smallest absolute Gasteiger partial charge is 0.258 e. The van der Waals surface area contributed by atoms with E-state index in [0.717, 1.165) is 24.1 Å². The SMILES string of the molecule is Cc1ccc(C(=O)N2c3ccccc3CC[C@H]2C)cc1. The number of fused-ring (bicyclic) bond motifs is 1. The normalized spacial score (nSPS) is 17.7. The van der Waals surface area contributed by atoms with Crippen molar-refractivity contribution in [3.8, 4) is 0 Å². The maximum absolute atomic E-state index is 12.8. The zero-order valence-electron chi connectivity index (χ0n) is 12.0. The number of para-hydroxylation sites is 1. The molecule has 0 radical (unpaired) electrons. The lowest BCUT2D eigenvalue weighted by atomic mass is 9.95. The van der Waals surface area contributed by atoms with Gasteiger partial charge in [0, 0.05) is 17.3 Å². The van der Waals surface area contributed by atoms with Crippen LogP contribution in [0.15, 0.2) is 48.5 Å². The van der Waals surface area contributed by atoms with E-state index in [0.29, 0.717) is 0 Å². The van der Waals surface area contributed by atoms with Crippen LogP contribution in [0.25, 0.3) is 0 Å². The predicted molar refractivity (Wildman–Crippen MR) is 82.2 cm³/mol. The van der Waals surface area contributed by atoms with Crippen molar-refractivity contribution in [2.24, 2.45) is 0 Å². The fraction of sp³-hybridized carbons (Fsp3) is 0.278. The number of anilines is 1. The number of hydrogen-bond acceptors (Lipinski definition) is 1. The van der Waals surface area contributed by atoms with E-state index in [1.165, 1.54) is 11.1 Å². The van der Waals surface area contributed by atoms with Crippen LogP contribution in [0.3, 0.4) is 0 Å². The number of nitrogens with zero attached hydrogens (tertiary/aromatic N) is 1. The zero-order valence-corrected chi connectivity index (χ0v) is 12.0. The van der Waals surface area contributed by atoms with Crippen LogP contribution in [0.4, 0.5) is 5.69 Å². The highest BCUT2D eigenvalue weighted by molar-refractivity contribution is 6.07. The third-order valence-electron chi connectivity index (χ3n) is 4.04. The molecule has 20 heavy (non-hydrogen) atoms. The van der Waals surface area contributed by atoms with E-state index in [2.05, 4.69) is 19.1 Å². The van der Waals surface area contributed by atoms with E-state index in [1.54, 1.807) is 0 Å². The van der Waals surface area contributed by atoms with Crippen LogP contribution in [-0.4, -0.2) is 11.9 Å². The molecule has 0 N–H and O–H groups in total. The molecule has 0 aromatic heterocycles. The number of rotatable bonds is 1. The number of amides is 1. The molecule has 0 fully saturated rings. The Balaban J connectivity index is 2.00. The van der Waals surface area contributed by atoms with Gasteiger partial charge < -0.3 is 4.90 Å². The Bertz CT molecular complexity index is 630. The van der Waals surface area contributed by atoms with Gasteiger partial charge in [-0.25, -0.2) is 0 Å². The Labute approximate surface area is 120 Å². The second kappa shape index (κ2) is 5.12. The second-order valence-corrected chi connectivity index (χ2v) is 5.56. The number of carbonyl (C=O) groups excluding carboxylic acids is 1. The summed E-state index contributed by atoms with van der Waals surface area (Å²) in [4.78, 5) is 14.8. The van der Waals surface area contributed by atoms with Gasteiger partial charge in [0.25, 0.3) is 5.91 Å². The van der Waals surface area contributed by atoms with Crippen molar-refractivity contribution < 1.29 is 4.79 Å². The molecular weight excluding hydrogens is 246 g/mol. The minimum absolute atomic E-state index is 0.102. The van der Waals surface area contributed by atoms with Crippen molar-refractivity contribution in [2.45, 2.75) is 32.7 Å². The van der Waals surface area contributed by atoms with Gasteiger partial charge in [-0.3, -0.25) is 4.79 Å². The highest BCUT2D eigenvalue weighted by Gasteiger charge is 2.28. The maximum atomic E-state index is 12.8. The molecule has 2 aromatic carbocycles. The highest BCUT2D eigenvalue weighted by Crippen LogP contribution is 2.31. The molecule has 1 aliphatic rings. The third kappa shape index (κ3) is 2.22. The first-order valence-electron chi connectivity index (χ1n) is 7.15. The number of aryl methyl sites for hydroxylation is 2. The first-order chi connectivity index (χ1) is 9.66. The molecule has 0 saturated carbocycles. The summed E-state index contributed by atoms with van der Waals surface area (Å²) in [6.07, 6.45) is 2.07. The van der Waals surface area contributed by atoms with Crippen LogP contribution in [-0.2, 0) is 6.42 Å². The molecular formula is C18H19NO. The molecule has 2 heteroatoms. The van der Waals surface area contributed by atoms with E-state index in [1.807, 2.05) is 48.2 Å². The minimum atomic E-state index is 0.102. The molecule has 3 rings (SSSR count). The number of hydrogen-bond donors (Lipinski definition) is 0. The van der Waals surface area contributed by atoms with Crippen molar-refractivity contribution in [2.75, 3.05) is 4.90 Å². The molecule has 2 nitrogen and oxygen atoms in total. The summed E-state index contributed by atoms with van der Waals surface area (Å²) in [5.41, 5.74) is 4.27. The average Bonchev–Trinajstić information content (AvgIpc) is 2.47. The molecule has 1 heterocycles. The molecule has 0 saturated heterocycles. The van der Waals surface area contributed by atoms with E-state index < -0.39 is 0 Å². The van der Waals surface area contributed by atoms with Gasteiger partial charge >= 0.3 is 0 Å². The van der Waals surface area contributed by atoms with Crippen LogP contribution in [0.2, 0.25) is 0 Å². The van der Waals surface area contributed by atoms with Crippen molar-refractivity contribution in [1.82, 2.24) is 0 Å². The van der Waals surface area contributed by atoms with E-state index in [9.17, 15) is 4.79 Å². The van der Waals surface area contributed by atoms with Crippen molar-refractivity contribution in [3.05, 3.63) is 65.2 Å². The van der Waals surface area contributed by atoms with Crippen LogP contribution < -0.4 is 4.90 Å². The Kier molecular flexibility index (Phi) is 3.31. The molecule has 0 aliphatic carbocycles. The topological polar surface area (TPSA) is 20.3 Å². The predicted octanol–water partition coefficient (Wildman–Crippen LogP) is 3.98. The lowest BCUT2D eigenvalue weighted by Crippen LogP contribution is -2.42. The Morgan fingerprint density at radius 2 is 1.80 bits per heavy atom. The standard InChI is InChI=1S/C18H19NO/c1-13-7-10-16(11-8-13)18(20)19-14(2)9-12-15-5-3-4-6-17(15)19/h3-8,10-11,14H,9,12H2,1-2H3/t14-/m1/s1. The molecule has 0 unspecified atom stereocenters. The maximum Gasteiger partial charge on any atom is 0.258 e. The minimum Gasteiger partial charge on any atom is -0.305 e.